The van der Waals surface area contributed by atoms with Gasteiger partial charge in [0.25, 0.3) is 0 Å². The normalized spacial score (nSPS) is 10.4. The molecule has 2 N–H and O–H groups in total. The van der Waals surface area contributed by atoms with E-state index in [1.54, 1.807) is 10.9 Å². The van der Waals surface area contributed by atoms with Crippen LogP contribution in [-0.4, -0.2) is 30.9 Å². The molecule has 0 saturated heterocycles. The zero-order valence-corrected chi connectivity index (χ0v) is 9.55. The molecule has 0 bridgehead atoms. The maximum Gasteiger partial charge on any atom is 0.248 e. The second kappa shape index (κ2) is 5.24. The summed E-state index contributed by atoms with van der Waals surface area (Å²) < 4.78 is 1.70. The number of hydrogen-bond acceptors (Lipinski definition) is 4. The number of anilines is 1. The molecule has 0 atom stereocenters. The molecule has 7 nitrogen and oxygen atoms in total. The molecule has 0 aliphatic rings. The summed E-state index contributed by atoms with van der Waals surface area (Å²) in [6.07, 6.45) is 4.60. The van der Waals surface area contributed by atoms with Crippen molar-refractivity contribution in [3.63, 3.8) is 0 Å². The van der Waals surface area contributed by atoms with Crippen LogP contribution in [-0.2, 0) is 17.8 Å². The zero-order valence-electron chi connectivity index (χ0n) is 9.55. The third-order valence-corrected chi connectivity index (χ3v) is 2.24. The summed E-state index contributed by atoms with van der Waals surface area (Å²) in [5.74, 6) is 0.960. The van der Waals surface area contributed by atoms with Crippen LogP contribution in [0.1, 0.15) is 19.2 Å². The molecular formula is C10H14N6O. The summed E-state index contributed by atoms with van der Waals surface area (Å²) in [7, 11) is 0. The monoisotopic (exact) mass is 234 g/mol. The lowest BCUT2D eigenvalue weighted by Gasteiger charge is -2.01. The number of aryl methyl sites for hydroxylation is 2. The van der Waals surface area contributed by atoms with Crippen LogP contribution in [0.5, 0.6) is 0 Å². The fourth-order valence-electron chi connectivity index (χ4n) is 1.35. The summed E-state index contributed by atoms with van der Waals surface area (Å²) in [5, 5.41) is 13.3. The SMILES string of the molecule is CCc1nc(NC(=O)CCn2cccn2)n[nH]1. The number of rotatable bonds is 5. The van der Waals surface area contributed by atoms with E-state index in [0.717, 1.165) is 12.2 Å². The Labute approximate surface area is 98.2 Å². The second-order valence-electron chi connectivity index (χ2n) is 3.53. The summed E-state index contributed by atoms with van der Waals surface area (Å²) in [4.78, 5) is 15.7. The number of aromatic amines is 1. The van der Waals surface area contributed by atoms with Gasteiger partial charge in [-0.1, -0.05) is 6.92 Å². The van der Waals surface area contributed by atoms with Gasteiger partial charge < -0.3 is 0 Å². The molecule has 7 heteroatoms. The molecule has 17 heavy (non-hydrogen) atoms. The minimum atomic E-state index is -0.123. The Kier molecular flexibility index (Phi) is 3.49. The highest BCUT2D eigenvalue weighted by molar-refractivity contribution is 5.88. The maximum atomic E-state index is 11.6. The highest BCUT2D eigenvalue weighted by Gasteiger charge is 2.06. The first kappa shape index (κ1) is 11.3. The standard InChI is InChI=1S/C10H14N6O/c1-2-8-12-10(15-14-8)13-9(17)4-7-16-6-3-5-11-16/h3,5-6H,2,4,7H2,1H3,(H2,12,13,14,15,17). The van der Waals surface area contributed by atoms with Gasteiger partial charge >= 0.3 is 0 Å². The van der Waals surface area contributed by atoms with Crippen LogP contribution in [0.4, 0.5) is 5.95 Å². The Bertz CT molecular complexity index is 475. The van der Waals surface area contributed by atoms with Crippen LogP contribution in [0, 0.1) is 0 Å². The van der Waals surface area contributed by atoms with E-state index < -0.39 is 0 Å². The molecule has 1 amide bonds. The van der Waals surface area contributed by atoms with Crippen molar-refractivity contribution in [2.45, 2.75) is 26.3 Å². The Morgan fingerprint density at radius 1 is 1.59 bits per heavy atom. The minimum Gasteiger partial charge on any atom is -0.293 e. The van der Waals surface area contributed by atoms with Gasteiger partial charge in [-0.2, -0.15) is 10.1 Å². The number of amides is 1. The molecule has 2 heterocycles. The minimum absolute atomic E-state index is 0.123. The number of nitrogens with zero attached hydrogens (tertiary/aromatic N) is 4. The molecule has 2 aromatic rings. The number of carbonyl (C=O) groups is 1. The third kappa shape index (κ3) is 3.13. The fraction of sp³-hybridized carbons (Fsp3) is 0.400. The highest BCUT2D eigenvalue weighted by atomic mass is 16.1. The summed E-state index contributed by atoms with van der Waals surface area (Å²) in [6.45, 7) is 2.51. The fourth-order valence-corrected chi connectivity index (χ4v) is 1.35. The molecule has 2 rings (SSSR count). The first-order valence-corrected chi connectivity index (χ1v) is 5.46. The molecular weight excluding hydrogens is 220 g/mol. The van der Waals surface area contributed by atoms with E-state index in [1.165, 1.54) is 0 Å². The van der Waals surface area contributed by atoms with Crippen molar-refractivity contribution in [1.82, 2.24) is 25.0 Å². The summed E-state index contributed by atoms with van der Waals surface area (Å²) >= 11 is 0. The van der Waals surface area contributed by atoms with Crippen LogP contribution in [0.2, 0.25) is 0 Å². The van der Waals surface area contributed by atoms with Crippen LogP contribution < -0.4 is 5.32 Å². The van der Waals surface area contributed by atoms with Crippen LogP contribution in [0.25, 0.3) is 0 Å². The Morgan fingerprint density at radius 2 is 2.47 bits per heavy atom. The Hall–Kier alpha value is -2.18. The van der Waals surface area contributed by atoms with Crippen molar-refractivity contribution >= 4 is 11.9 Å². The average molecular weight is 234 g/mol. The van der Waals surface area contributed by atoms with Crippen molar-refractivity contribution < 1.29 is 4.79 Å². The van der Waals surface area contributed by atoms with Gasteiger partial charge in [0, 0.05) is 31.8 Å². The average Bonchev–Trinajstić information content (AvgIpc) is 2.97. The van der Waals surface area contributed by atoms with E-state index in [1.807, 2.05) is 19.2 Å². The number of carbonyl (C=O) groups excluding carboxylic acids is 1. The molecule has 0 fully saturated rings. The van der Waals surface area contributed by atoms with Gasteiger partial charge in [0.05, 0.1) is 0 Å². The molecule has 0 spiro atoms. The molecule has 0 aliphatic heterocycles. The van der Waals surface area contributed by atoms with Crippen LogP contribution >= 0.6 is 0 Å². The largest absolute Gasteiger partial charge is 0.293 e. The Balaban J connectivity index is 1.81. The zero-order chi connectivity index (χ0) is 12.1. The van der Waals surface area contributed by atoms with Gasteiger partial charge in [-0.15, -0.1) is 5.10 Å². The molecule has 0 aliphatic carbocycles. The highest BCUT2D eigenvalue weighted by Crippen LogP contribution is 2.00. The number of aromatic nitrogens is 5. The quantitative estimate of drug-likeness (QED) is 0.792. The van der Waals surface area contributed by atoms with E-state index >= 15 is 0 Å². The van der Waals surface area contributed by atoms with Gasteiger partial charge in [0.2, 0.25) is 11.9 Å². The second-order valence-corrected chi connectivity index (χ2v) is 3.53. The smallest absolute Gasteiger partial charge is 0.248 e. The lowest BCUT2D eigenvalue weighted by molar-refractivity contribution is -0.116. The van der Waals surface area contributed by atoms with E-state index in [2.05, 4.69) is 25.6 Å². The topological polar surface area (TPSA) is 88.5 Å². The van der Waals surface area contributed by atoms with Gasteiger partial charge in [0.15, 0.2) is 0 Å². The summed E-state index contributed by atoms with van der Waals surface area (Å²) in [6, 6.07) is 1.82. The summed E-state index contributed by atoms with van der Waals surface area (Å²) in [5.41, 5.74) is 0. The van der Waals surface area contributed by atoms with Crippen molar-refractivity contribution in [2.24, 2.45) is 0 Å². The molecule has 0 unspecified atom stereocenters. The van der Waals surface area contributed by atoms with Gasteiger partial charge in [-0.05, 0) is 6.07 Å². The third-order valence-electron chi connectivity index (χ3n) is 2.24. The predicted octanol–water partition coefficient (Wildman–Crippen LogP) is 0.592. The predicted molar refractivity (Wildman–Crippen MR) is 61.2 cm³/mol. The van der Waals surface area contributed by atoms with Crippen molar-refractivity contribution in [2.75, 3.05) is 5.32 Å². The number of H-pyrrole nitrogens is 1. The van der Waals surface area contributed by atoms with E-state index in [-0.39, 0.29) is 5.91 Å². The molecule has 2 aromatic heterocycles. The Morgan fingerprint density at radius 3 is 3.12 bits per heavy atom. The van der Waals surface area contributed by atoms with Crippen molar-refractivity contribution in [3.8, 4) is 0 Å². The van der Waals surface area contributed by atoms with E-state index in [9.17, 15) is 4.79 Å². The van der Waals surface area contributed by atoms with Crippen LogP contribution in [0.15, 0.2) is 18.5 Å². The van der Waals surface area contributed by atoms with E-state index in [0.29, 0.717) is 18.9 Å². The number of hydrogen-bond donors (Lipinski definition) is 2. The van der Waals surface area contributed by atoms with Crippen molar-refractivity contribution in [3.05, 3.63) is 24.3 Å². The van der Waals surface area contributed by atoms with Crippen LogP contribution in [0.3, 0.4) is 0 Å². The van der Waals surface area contributed by atoms with Crippen molar-refractivity contribution in [1.29, 1.82) is 0 Å². The van der Waals surface area contributed by atoms with Gasteiger partial charge in [-0.25, -0.2) is 0 Å². The molecule has 0 radical (unpaired) electrons. The van der Waals surface area contributed by atoms with Gasteiger partial charge in [0.1, 0.15) is 5.82 Å². The first-order valence-electron chi connectivity index (χ1n) is 5.46. The molecule has 0 saturated carbocycles. The van der Waals surface area contributed by atoms with E-state index in [4.69, 9.17) is 0 Å². The van der Waals surface area contributed by atoms with Gasteiger partial charge in [-0.3, -0.25) is 19.9 Å². The molecule has 90 valence electrons. The lowest BCUT2D eigenvalue weighted by Crippen LogP contribution is -2.15. The maximum absolute atomic E-state index is 11.6. The molecule has 0 aromatic carbocycles. The number of nitrogens with one attached hydrogen (secondary N) is 2. The first-order chi connectivity index (χ1) is 8.28. The lowest BCUT2D eigenvalue weighted by atomic mass is 10.4.